The van der Waals surface area contributed by atoms with Gasteiger partial charge < -0.3 is 5.32 Å². The number of amides is 1. The maximum absolute atomic E-state index is 12.4. The van der Waals surface area contributed by atoms with E-state index in [4.69, 9.17) is 34.8 Å². The van der Waals surface area contributed by atoms with Gasteiger partial charge in [0.25, 0.3) is 0 Å². The number of nitrogens with zero attached hydrogens (tertiary/aromatic N) is 3. The fourth-order valence-corrected chi connectivity index (χ4v) is 4.19. The molecule has 0 aliphatic carbocycles. The number of carbonyl (C=O) groups is 1. The molecule has 4 aromatic rings. The molecule has 9 heteroatoms. The van der Waals surface area contributed by atoms with Gasteiger partial charge in [-0.05, 0) is 54.6 Å². The summed E-state index contributed by atoms with van der Waals surface area (Å²) in [6, 6.07) is 21.7. The van der Waals surface area contributed by atoms with Gasteiger partial charge in [-0.3, -0.25) is 9.36 Å². The van der Waals surface area contributed by atoms with E-state index in [0.29, 0.717) is 31.7 Å². The highest BCUT2D eigenvalue weighted by Crippen LogP contribution is 2.32. The Morgan fingerprint density at radius 3 is 2.42 bits per heavy atom. The summed E-state index contributed by atoms with van der Waals surface area (Å²) in [7, 11) is 0. The number of aromatic nitrogens is 3. The Bertz CT molecular complexity index is 1230. The molecule has 0 bridgehead atoms. The van der Waals surface area contributed by atoms with Gasteiger partial charge in [0.1, 0.15) is 0 Å². The summed E-state index contributed by atoms with van der Waals surface area (Å²) < 4.78 is 1.86. The lowest BCUT2D eigenvalue weighted by Gasteiger charge is -2.11. The third-order valence-corrected chi connectivity index (χ3v) is 6.02. The van der Waals surface area contributed by atoms with Crippen molar-refractivity contribution in [1.82, 2.24) is 14.8 Å². The van der Waals surface area contributed by atoms with Crippen LogP contribution in [-0.4, -0.2) is 26.4 Å². The van der Waals surface area contributed by atoms with Crippen LogP contribution >= 0.6 is 46.6 Å². The first-order chi connectivity index (χ1) is 15.0. The third-order valence-electron chi connectivity index (χ3n) is 4.27. The molecular formula is C22H15Cl3N4OS. The number of hydrogen-bond acceptors (Lipinski definition) is 4. The number of thioether (sulfide) groups is 1. The second-order valence-corrected chi connectivity index (χ2v) is 8.67. The van der Waals surface area contributed by atoms with Gasteiger partial charge in [0.2, 0.25) is 5.91 Å². The lowest BCUT2D eigenvalue weighted by Crippen LogP contribution is -2.14. The van der Waals surface area contributed by atoms with E-state index in [1.54, 1.807) is 42.5 Å². The van der Waals surface area contributed by atoms with Crippen molar-refractivity contribution in [1.29, 1.82) is 0 Å². The molecule has 0 saturated heterocycles. The summed E-state index contributed by atoms with van der Waals surface area (Å²) in [5.74, 6) is 0.531. The summed E-state index contributed by atoms with van der Waals surface area (Å²) >= 11 is 19.7. The highest BCUT2D eigenvalue weighted by atomic mass is 35.5. The van der Waals surface area contributed by atoms with Crippen LogP contribution in [0.3, 0.4) is 0 Å². The first-order valence-electron chi connectivity index (χ1n) is 9.16. The van der Waals surface area contributed by atoms with Crippen LogP contribution in [0.5, 0.6) is 0 Å². The van der Waals surface area contributed by atoms with Crippen LogP contribution in [0, 0.1) is 0 Å². The first-order valence-corrected chi connectivity index (χ1v) is 11.3. The van der Waals surface area contributed by atoms with Crippen LogP contribution in [0.15, 0.2) is 78.0 Å². The van der Waals surface area contributed by atoms with E-state index in [-0.39, 0.29) is 11.7 Å². The van der Waals surface area contributed by atoms with E-state index in [0.717, 1.165) is 11.3 Å². The number of anilines is 1. The van der Waals surface area contributed by atoms with Crippen molar-refractivity contribution in [2.45, 2.75) is 5.16 Å². The van der Waals surface area contributed by atoms with Crippen molar-refractivity contribution in [3.8, 4) is 17.1 Å². The molecule has 0 fully saturated rings. The zero-order valence-corrected chi connectivity index (χ0v) is 19.0. The summed E-state index contributed by atoms with van der Waals surface area (Å²) in [6.07, 6.45) is 0. The first kappa shape index (κ1) is 21.7. The lowest BCUT2D eigenvalue weighted by atomic mass is 10.2. The van der Waals surface area contributed by atoms with Crippen LogP contribution in [-0.2, 0) is 4.79 Å². The fourth-order valence-electron chi connectivity index (χ4n) is 2.90. The smallest absolute Gasteiger partial charge is 0.234 e. The Labute approximate surface area is 198 Å². The third kappa shape index (κ3) is 5.22. The van der Waals surface area contributed by atoms with E-state index in [2.05, 4.69) is 15.5 Å². The highest BCUT2D eigenvalue weighted by molar-refractivity contribution is 7.99. The molecule has 1 aromatic heterocycles. The van der Waals surface area contributed by atoms with Crippen LogP contribution in [0.25, 0.3) is 17.1 Å². The number of benzene rings is 3. The van der Waals surface area contributed by atoms with Crippen molar-refractivity contribution in [3.05, 3.63) is 87.9 Å². The molecule has 4 rings (SSSR count). The maximum Gasteiger partial charge on any atom is 0.234 e. The molecule has 1 N–H and O–H groups in total. The van der Waals surface area contributed by atoms with Gasteiger partial charge in [-0.25, -0.2) is 0 Å². The van der Waals surface area contributed by atoms with Gasteiger partial charge in [-0.15, -0.1) is 10.2 Å². The van der Waals surface area contributed by atoms with Crippen molar-refractivity contribution in [2.75, 3.05) is 11.1 Å². The molecule has 0 radical (unpaired) electrons. The summed E-state index contributed by atoms with van der Waals surface area (Å²) in [5.41, 5.74) is 2.18. The molecule has 1 heterocycles. The van der Waals surface area contributed by atoms with Crippen LogP contribution in [0.1, 0.15) is 0 Å². The molecule has 0 atom stereocenters. The average molecular weight is 490 g/mol. The van der Waals surface area contributed by atoms with Crippen molar-refractivity contribution >= 4 is 58.2 Å². The lowest BCUT2D eigenvalue weighted by molar-refractivity contribution is -0.113. The minimum absolute atomic E-state index is 0.140. The topological polar surface area (TPSA) is 59.8 Å². The van der Waals surface area contributed by atoms with Gasteiger partial charge in [0.15, 0.2) is 11.0 Å². The minimum Gasteiger partial charge on any atom is -0.325 e. The summed E-state index contributed by atoms with van der Waals surface area (Å²) in [4.78, 5) is 12.4. The molecule has 0 aliphatic heterocycles. The van der Waals surface area contributed by atoms with E-state index in [1.165, 1.54) is 11.8 Å². The minimum atomic E-state index is -0.183. The predicted octanol–water partition coefficient (Wildman–Crippen LogP) is 6.63. The van der Waals surface area contributed by atoms with Gasteiger partial charge in [-0.2, -0.15) is 0 Å². The second kappa shape index (κ2) is 9.75. The SMILES string of the molecule is O=C(CSc1nnc(-c2ccccc2Cl)n1-c1ccc(Cl)cc1)Nc1cccc(Cl)c1. The Hall–Kier alpha value is -2.51. The fraction of sp³-hybridized carbons (Fsp3) is 0.0455. The number of rotatable bonds is 6. The molecule has 31 heavy (non-hydrogen) atoms. The quantitative estimate of drug-likeness (QED) is 0.309. The number of halogens is 3. The van der Waals surface area contributed by atoms with E-state index in [1.807, 2.05) is 34.9 Å². The Morgan fingerprint density at radius 1 is 0.903 bits per heavy atom. The molecule has 0 aliphatic rings. The van der Waals surface area contributed by atoms with E-state index in [9.17, 15) is 4.79 Å². The Kier molecular flexibility index (Phi) is 6.83. The Morgan fingerprint density at radius 2 is 1.68 bits per heavy atom. The second-order valence-electron chi connectivity index (χ2n) is 6.45. The number of hydrogen-bond donors (Lipinski definition) is 1. The average Bonchev–Trinajstić information content (AvgIpc) is 3.17. The van der Waals surface area contributed by atoms with Gasteiger partial charge in [0, 0.05) is 27.0 Å². The summed E-state index contributed by atoms with van der Waals surface area (Å²) in [6.45, 7) is 0. The molecule has 156 valence electrons. The maximum atomic E-state index is 12.4. The molecule has 0 unspecified atom stereocenters. The van der Waals surface area contributed by atoms with Crippen LogP contribution < -0.4 is 5.32 Å². The predicted molar refractivity (Wildman–Crippen MR) is 128 cm³/mol. The van der Waals surface area contributed by atoms with Crippen LogP contribution in [0.4, 0.5) is 5.69 Å². The standard InChI is InChI=1S/C22H15Cl3N4OS/c23-14-8-10-17(11-9-14)29-21(18-6-1-2-7-19(18)25)27-28-22(29)31-13-20(30)26-16-5-3-4-15(24)12-16/h1-12H,13H2,(H,26,30). The Balaban J connectivity index is 1.62. The van der Waals surface area contributed by atoms with Gasteiger partial charge in [-0.1, -0.05) is 64.8 Å². The molecule has 0 saturated carbocycles. The highest BCUT2D eigenvalue weighted by Gasteiger charge is 2.19. The van der Waals surface area contributed by atoms with Crippen molar-refractivity contribution in [2.24, 2.45) is 0 Å². The van der Waals surface area contributed by atoms with Gasteiger partial charge in [0.05, 0.1) is 10.8 Å². The van der Waals surface area contributed by atoms with E-state index >= 15 is 0 Å². The number of nitrogens with one attached hydrogen (secondary N) is 1. The zero-order valence-electron chi connectivity index (χ0n) is 15.9. The van der Waals surface area contributed by atoms with Crippen molar-refractivity contribution in [3.63, 3.8) is 0 Å². The molecule has 0 spiro atoms. The largest absolute Gasteiger partial charge is 0.325 e. The molecule has 5 nitrogen and oxygen atoms in total. The van der Waals surface area contributed by atoms with Gasteiger partial charge >= 0.3 is 0 Å². The van der Waals surface area contributed by atoms with E-state index < -0.39 is 0 Å². The molecule has 1 amide bonds. The summed E-state index contributed by atoms with van der Waals surface area (Å²) in [5, 5.41) is 13.8. The normalized spacial score (nSPS) is 10.8. The monoisotopic (exact) mass is 488 g/mol. The molecule has 3 aromatic carbocycles. The number of carbonyl (C=O) groups excluding carboxylic acids is 1. The van der Waals surface area contributed by atoms with Crippen LogP contribution in [0.2, 0.25) is 15.1 Å². The zero-order chi connectivity index (χ0) is 21.8. The molecular weight excluding hydrogens is 475 g/mol. The van der Waals surface area contributed by atoms with Crippen molar-refractivity contribution < 1.29 is 4.79 Å².